The molecular formula is C19H27N3O. The van der Waals surface area contributed by atoms with E-state index in [0.29, 0.717) is 17.8 Å². The molecule has 0 bridgehead atoms. The van der Waals surface area contributed by atoms with Gasteiger partial charge in [0.2, 0.25) is 0 Å². The van der Waals surface area contributed by atoms with Crippen LogP contribution in [0.1, 0.15) is 50.1 Å². The zero-order chi connectivity index (χ0) is 16.2. The summed E-state index contributed by atoms with van der Waals surface area (Å²) in [6.45, 7) is 8.79. The molecule has 0 saturated heterocycles. The summed E-state index contributed by atoms with van der Waals surface area (Å²) in [6.07, 6.45) is 5.92. The Hall–Kier alpha value is -1.68. The topological polar surface area (TPSA) is 42.2 Å². The molecule has 4 heteroatoms. The number of aryl methyl sites for hydroxylation is 2. The highest BCUT2D eigenvalue weighted by Gasteiger charge is 2.26. The van der Waals surface area contributed by atoms with E-state index < -0.39 is 0 Å². The second-order valence-electron chi connectivity index (χ2n) is 6.52. The van der Waals surface area contributed by atoms with Crippen molar-refractivity contribution in [3.63, 3.8) is 0 Å². The second-order valence-corrected chi connectivity index (χ2v) is 6.52. The van der Waals surface area contributed by atoms with E-state index in [4.69, 9.17) is 4.52 Å². The maximum Gasteiger partial charge on any atom is 0.258 e. The van der Waals surface area contributed by atoms with Gasteiger partial charge in [0, 0.05) is 11.6 Å². The molecule has 4 nitrogen and oxygen atoms in total. The molecule has 1 aromatic heterocycles. The number of benzene rings is 1. The molecule has 2 aromatic rings. The van der Waals surface area contributed by atoms with Crippen LogP contribution in [0.25, 0.3) is 11.5 Å². The van der Waals surface area contributed by atoms with Gasteiger partial charge in [-0.2, -0.15) is 4.98 Å². The number of hydrogen-bond donors (Lipinski definition) is 0. The van der Waals surface area contributed by atoms with Crippen molar-refractivity contribution in [3.8, 4) is 11.5 Å². The molecule has 1 unspecified atom stereocenters. The van der Waals surface area contributed by atoms with Gasteiger partial charge in [0.15, 0.2) is 5.82 Å². The highest BCUT2D eigenvalue weighted by Crippen LogP contribution is 2.32. The van der Waals surface area contributed by atoms with Gasteiger partial charge in [0.25, 0.3) is 5.89 Å². The SMILES string of the molecule is CCCN(CCC)C1CCc2cccc(-c3nc(C)no3)c2C1. The van der Waals surface area contributed by atoms with Crippen LogP contribution >= 0.6 is 0 Å². The summed E-state index contributed by atoms with van der Waals surface area (Å²) >= 11 is 0. The lowest BCUT2D eigenvalue weighted by Gasteiger charge is -2.35. The minimum atomic E-state index is 0.632. The summed E-state index contributed by atoms with van der Waals surface area (Å²) in [6, 6.07) is 7.12. The molecule has 0 radical (unpaired) electrons. The summed E-state index contributed by atoms with van der Waals surface area (Å²) in [5.74, 6) is 1.36. The van der Waals surface area contributed by atoms with Gasteiger partial charge in [-0.05, 0) is 69.3 Å². The monoisotopic (exact) mass is 313 g/mol. The van der Waals surface area contributed by atoms with E-state index in [9.17, 15) is 0 Å². The summed E-state index contributed by atoms with van der Waals surface area (Å²) in [4.78, 5) is 7.11. The summed E-state index contributed by atoms with van der Waals surface area (Å²) < 4.78 is 5.43. The lowest BCUT2D eigenvalue weighted by Crippen LogP contribution is -2.40. The standard InChI is InChI=1S/C19H27N3O/c1-4-11-22(12-5-2)16-10-9-15-7-6-8-17(18(15)13-16)19-20-14(3)21-23-19/h6-8,16H,4-5,9-13H2,1-3H3. The van der Waals surface area contributed by atoms with E-state index in [1.807, 2.05) is 6.92 Å². The fraction of sp³-hybridized carbons (Fsp3) is 0.579. The van der Waals surface area contributed by atoms with Crippen LogP contribution in [-0.4, -0.2) is 34.2 Å². The van der Waals surface area contributed by atoms with Crippen molar-refractivity contribution in [1.29, 1.82) is 0 Å². The molecule has 1 atom stereocenters. The molecule has 1 aliphatic rings. The van der Waals surface area contributed by atoms with Crippen molar-refractivity contribution in [2.75, 3.05) is 13.1 Å². The third-order valence-corrected chi connectivity index (χ3v) is 4.76. The molecule has 1 aliphatic carbocycles. The third-order valence-electron chi connectivity index (χ3n) is 4.76. The highest BCUT2D eigenvalue weighted by atomic mass is 16.5. The number of hydrogen-bond acceptors (Lipinski definition) is 4. The number of nitrogens with zero attached hydrogens (tertiary/aromatic N) is 3. The van der Waals surface area contributed by atoms with Crippen molar-refractivity contribution >= 4 is 0 Å². The number of fused-ring (bicyclic) bond motifs is 1. The normalized spacial score (nSPS) is 17.5. The lowest BCUT2D eigenvalue weighted by molar-refractivity contribution is 0.180. The maximum atomic E-state index is 5.43. The fourth-order valence-electron chi connectivity index (χ4n) is 3.74. The first-order valence-electron chi connectivity index (χ1n) is 8.88. The van der Waals surface area contributed by atoms with Crippen molar-refractivity contribution < 1.29 is 4.52 Å². The average Bonchev–Trinajstić information content (AvgIpc) is 3.00. The molecule has 0 spiro atoms. The second kappa shape index (κ2) is 7.26. The smallest absolute Gasteiger partial charge is 0.258 e. The van der Waals surface area contributed by atoms with Crippen molar-refractivity contribution in [3.05, 3.63) is 35.2 Å². The number of aromatic nitrogens is 2. The summed E-state index contributed by atoms with van der Waals surface area (Å²) in [5, 5.41) is 3.96. The first-order valence-corrected chi connectivity index (χ1v) is 8.88. The highest BCUT2D eigenvalue weighted by molar-refractivity contribution is 5.61. The predicted octanol–water partition coefficient (Wildman–Crippen LogP) is 4.02. The van der Waals surface area contributed by atoms with Gasteiger partial charge in [-0.15, -0.1) is 0 Å². The van der Waals surface area contributed by atoms with Gasteiger partial charge in [-0.3, -0.25) is 0 Å². The quantitative estimate of drug-likeness (QED) is 0.807. The van der Waals surface area contributed by atoms with Crippen molar-refractivity contribution in [1.82, 2.24) is 15.0 Å². The zero-order valence-corrected chi connectivity index (χ0v) is 14.5. The molecule has 1 heterocycles. The Labute approximate surface area is 138 Å². The van der Waals surface area contributed by atoms with Crippen LogP contribution in [0.15, 0.2) is 22.7 Å². The van der Waals surface area contributed by atoms with Crippen LogP contribution in [0.5, 0.6) is 0 Å². The molecule has 0 saturated carbocycles. The third kappa shape index (κ3) is 3.47. The molecule has 0 amide bonds. The van der Waals surface area contributed by atoms with Crippen LogP contribution in [0.3, 0.4) is 0 Å². The molecule has 23 heavy (non-hydrogen) atoms. The molecule has 3 rings (SSSR count). The Balaban J connectivity index is 1.89. The Morgan fingerprint density at radius 3 is 2.65 bits per heavy atom. The largest absolute Gasteiger partial charge is 0.334 e. The Kier molecular flexibility index (Phi) is 5.11. The zero-order valence-electron chi connectivity index (χ0n) is 14.5. The Bertz CT molecular complexity index is 644. The van der Waals surface area contributed by atoms with Crippen molar-refractivity contribution in [2.24, 2.45) is 0 Å². The maximum absolute atomic E-state index is 5.43. The van der Waals surface area contributed by atoms with E-state index in [0.717, 1.165) is 18.4 Å². The van der Waals surface area contributed by atoms with Gasteiger partial charge >= 0.3 is 0 Å². The van der Waals surface area contributed by atoms with Gasteiger partial charge in [0.05, 0.1) is 0 Å². The van der Waals surface area contributed by atoms with Crippen LogP contribution in [0.4, 0.5) is 0 Å². The summed E-state index contributed by atoms with van der Waals surface area (Å²) in [5.41, 5.74) is 3.98. The van der Waals surface area contributed by atoms with E-state index in [2.05, 4.69) is 47.1 Å². The minimum Gasteiger partial charge on any atom is -0.334 e. The van der Waals surface area contributed by atoms with Crippen LogP contribution in [0, 0.1) is 6.92 Å². The van der Waals surface area contributed by atoms with E-state index in [1.54, 1.807) is 0 Å². The fourth-order valence-corrected chi connectivity index (χ4v) is 3.74. The molecule has 0 aliphatic heterocycles. The first-order chi connectivity index (χ1) is 11.2. The molecule has 1 aromatic carbocycles. The van der Waals surface area contributed by atoms with Gasteiger partial charge in [-0.25, -0.2) is 0 Å². The minimum absolute atomic E-state index is 0.632. The molecular weight excluding hydrogens is 286 g/mol. The lowest BCUT2D eigenvalue weighted by atomic mass is 9.84. The van der Waals surface area contributed by atoms with Gasteiger partial charge in [-0.1, -0.05) is 31.1 Å². The molecule has 0 N–H and O–H groups in total. The Morgan fingerprint density at radius 2 is 2.00 bits per heavy atom. The Morgan fingerprint density at radius 1 is 1.22 bits per heavy atom. The van der Waals surface area contributed by atoms with Gasteiger partial charge < -0.3 is 9.42 Å². The van der Waals surface area contributed by atoms with Crippen LogP contribution in [-0.2, 0) is 12.8 Å². The summed E-state index contributed by atoms with van der Waals surface area (Å²) in [7, 11) is 0. The predicted molar refractivity (Wildman–Crippen MR) is 92.4 cm³/mol. The number of rotatable bonds is 6. The van der Waals surface area contributed by atoms with Crippen LogP contribution in [0.2, 0.25) is 0 Å². The molecule has 0 fully saturated rings. The van der Waals surface area contributed by atoms with Gasteiger partial charge in [0.1, 0.15) is 0 Å². The van der Waals surface area contributed by atoms with E-state index in [-0.39, 0.29) is 0 Å². The van der Waals surface area contributed by atoms with Crippen molar-refractivity contribution in [2.45, 2.75) is 58.9 Å². The molecule has 124 valence electrons. The van der Waals surface area contributed by atoms with E-state index >= 15 is 0 Å². The first kappa shape index (κ1) is 16.2. The van der Waals surface area contributed by atoms with Crippen LogP contribution < -0.4 is 0 Å². The van der Waals surface area contributed by atoms with E-state index in [1.165, 1.54) is 43.5 Å². The average molecular weight is 313 g/mol.